The fourth-order valence-corrected chi connectivity index (χ4v) is 4.04. The standard InChI is InChI=1S/C27H26N2O5/c1-17(2)34-20-13-11-18(12-14-20)25(30)23-24(21-9-4-5-10-22(21)33-3)29(27(32)26(23)31)16-19-8-6-7-15-28-19/h4-15,17,24,30H,16H2,1-3H3/b25-23-. The minimum atomic E-state index is -0.843. The second kappa shape index (κ2) is 9.79. The van der Waals surface area contributed by atoms with Crippen LogP contribution in [-0.4, -0.2) is 39.9 Å². The highest BCUT2D eigenvalue weighted by molar-refractivity contribution is 6.46. The monoisotopic (exact) mass is 458 g/mol. The minimum absolute atomic E-state index is 0.00177. The summed E-state index contributed by atoms with van der Waals surface area (Å²) in [5, 5.41) is 11.2. The number of hydrogen-bond acceptors (Lipinski definition) is 6. The number of aliphatic hydroxyl groups is 1. The summed E-state index contributed by atoms with van der Waals surface area (Å²) in [4.78, 5) is 32.1. The van der Waals surface area contributed by atoms with Crippen LogP contribution in [-0.2, 0) is 16.1 Å². The lowest BCUT2D eigenvalue weighted by Crippen LogP contribution is -2.29. The van der Waals surface area contributed by atoms with Gasteiger partial charge in [0.2, 0.25) is 0 Å². The molecule has 1 fully saturated rings. The van der Waals surface area contributed by atoms with Gasteiger partial charge < -0.3 is 19.5 Å². The Labute approximate surface area is 198 Å². The van der Waals surface area contributed by atoms with Crippen molar-refractivity contribution < 1.29 is 24.2 Å². The summed E-state index contributed by atoms with van der Waals surface area (Å²) in [5.74, 6) is -0.570. The molecule has 0 saturated carbocycles. The molecule has 4 rings (SSSR count). The van der Waals surface area contributed by atoms with Crippen LogP contribution >= 0.6 is 0 Å². The molecule has 3 aromatic rings. The predicted molar refractivity (Wildman–Crippen MR) is 127 cm³/mol. The minimum Gasteiger partial charge on any atom is -0.507 e. The zero-order valence-electron chi connectivity index (χ0n) is 19.3. The number of carbonyl (C=O) groups is 2. The van der Waals surface area contributed by atoms with Gasteiger partial charge in [0.25, 0.3) is 11.7 Å². The van der Waals surface area contributed by atoms with Crippen molar-refractivity contribution in [3.63, 3.8) is 0 Å². The van der Waals surface area contributed by atoms with Crippen LogP contribution in [0.15, 0.2) is 78.5 Å². The van der Waals surface area contributed by atoms with Crippen molar-refractivity contribution in [2.24, 2.45) is 0 Å². The number of likely N-dealkylation sites (tertiary alicyclic amines) is 1. The largest absolute Gasteiger partial charge is 0.507 e. The third-order valence-corrected chi connectivity index (χ3v) is 5.53. The molecular formula is C27H26N2O5. The van der Waals surface area contributed by atoms with E-state index in [1.807, 2.05) is 19.9 Å². The topological polar surface area (TPSA) is 89.0 Å². The van der Waals surface area contributed by atoms with Crippen LogP contribution in [0.25, 0.3) is 5.76 Å². The predicted octanol–water partition coefficient (Wildman–Crippen LogP) is 4.50. The van der Waals surface area contributed by atoms with Crippen molar-refractivity contribution in [2.75, 3.05) is 7.11 Å². The van der Waals surface area contributed by atoms with Gasteiger partial charge in [-0.05, 0) is 56.3 Å². The number of carbonyl (C=O) groups excluding carboxylic acids is 2. The first-order chi connectivity index (χ1) is 16.4. The number of Topliss-reactive ketones (excluding diaryl/α,β-unsaturated/α-hetero) is 1. The Hall–Kier alpha value is -4.13. The molecule has 0 aliphatic carbocycles. The van der Waals surface area contributed by atoms with E-state index in [4.69, 9.17) is 9.47 Å². The van der Waals surface area contributed by atoms with Crippen LogP contribution in [0.5, 0.6) is 11.5 Å². The summed E-state index contributed by atoms with van der Waals surface area (Å²) in [6, 6.07) is 18.5. The van der Waals surface area contributed by atoms with Gasteiger partial charge in [-0.1, -0.05) is 24.3 Å². The summed E-state index contributed by atoms with van der Waals surface area (Å²) in [5.41, 5.74) is 1.63. The van der Waals surface area contributed by atoms with E-state index in [0.29, 0.717) is 28.3 Å². The molecule has 7 heteroatoms. The van der Waals surface area contributed by atoms with E-state index in [0.717, 1.165) is 0 Å². The number of methoxy groups -OCH3 is 1. The highest BCUT2D eigenvalue weighted by Gasteiger charge is 2.47. The van der Waals surface area contributed by atoms with E-state index in [1.165, 1.54) is 12.0 Å². The van der Waals surface area contributed by atoms with E-state index in [9.17, 15) is 14.7 Å². The Bertz CT molecular complexity index is 1220. The normalized spacial score (nSPS) is 17.3. The molecule has 2 heterocycles. The molecule has 1 saturated heterocycles. The first-order valence-corrected chi connectivity index (χ1v) is 11.0. The molecule has 34 heavy (non-hydrogen) atoms. The number of benzene rings is 2. The molecule has 2 aromatic carbocycles. The molecular weight excluding hydrogens is 432 g/mol. The Morgan fingerprint density at radius 3 is 2.38 bits per heavy atom. The molecule has 7 nitrogen and oxygen atoms in total. The number of para-hydroxylation sites is 1. The van der Waals surface area contributed by atoms with Crippen molar-refractivity contribution in [2.45, 2.75) is 32.5 Å². The van der Waals surface area contributed by atoms with Gasteiger partial charge in [0.15, 0.2) is 0 Å². The van der Waals surface area contributed by atoms with Gasteiger partial charge in [-0.2, -0.15) is 0 Å². The lowest BCUT2D eigenvalue weighted by molar-refractivity contribution is -0.140. The second-order valence-electron chi connectivity index (χ2n) is 8.18. The number of amides is 1. The molecule has 174 valence electrons. The van der Waals surface area contributed by atoms with E-state index < -0.39 is 17.7 Å². The molecule has 0 spiro atoms. The number of rotatable bonds is 7. The van der Waals surface area contributed by atoms with E-state index in [1.54, 1.807) is 66.9 Å². The molecule has 1 atom stereocenters. The van der Waals surface area contributed by atoms with Gasteiger partial charge >= 0.3 is 0 Å². The summed E-state index contributed by atoms with van der Waals surface area (Å²) in [7, 11) is 1.53. The molecule has 1 aromatic heterocycles. The van der Waals surface area contributed by atoms with Crippen molar-refractivity contribution in [3.8, 4) is 11.5 Å². The third-order valence-electron chi connectivity index (χ3n) is 5.53. The Morgan fingerprint density at radius 1 is 1.03 bits per heavy atom. The van der Waals surface area contributed by atoms with Gasteiger partial charge in [-0.25, -0.2) is 0 Å². The van der Waals surface area contributed by atoms with Crippen LogP contribution < -0.4 is 9.47 Å². The zero-order valence-corrected chi connectivity index (χ0v) is 19.3. The lowest BCUT2D eigenvalue weighted by Gasteiger charge is -2.26. The fourth-order valence-electron chi connectivity index (χ4n) is 4.04. The van der Waals surface area contributed by atoms with Crippen molar-refractivity contribution in [1.29, 1.82) is 0 Å². The highest BCUT2D eigenvalue weighted by atomic mass is 16.5. The average molecular weight is 459 g/mol. The molecule has 1 aliphatic heterocycles. The van der Waals surface area contributed by atoms with Crippen LogP contribution in [0.3, 0.4) is 0 Å². The SMILES string of the molecule is COc1ccccc1C1/C(=C(/O)c2ccc(OC(C)C)cc2)C(=O)C(=O)N1Cc1ccccn1. The zero-order chi connectivity index (χ0) is 24.2. The smallest absolute Gasteiger partial charge is 0.296 e. The van der Waals surface area contributed by atoms with Crippen molar-refractivity contribution >= 4 is 17.4 Å². The lowest BCUT2D eigenvalue weighted by atomic mass is 9.94. The van der Waals surface area contributed by atoms with E-state index in [-0.39, 0.29) is 24.0 Å². The van der Waals surface area contributed by atoms with Gasteiger partial charge in [0.1, 0.15) is 17.3 Å². The third kappa shape index (κ3) is 4.50. The maximum atomic E-state index is 13.2. The molecule has 0 bridgehead atoms. The molecule has 1 aliphatic rings. The Kier molecular flexibility index (Phi) is 6.63. The van der Waals surface area contributed by atoms with E-state index >= 15 is 0 Å². The number of aliphatic hydroxyl groups excluding tert-OH is 1. The second-order valence-corrected chi connectivity index (χ2v) is 8.18. The first kappa shape index (κ1) is 23.0. The van der Waals surface area contributed by atoms with Crippen LogP contribution in [0, 0.1) is 0 Å². The summed E-state index contributed by atoms with van der Waals surface area (Å²) >= 11 is 0. The maximum absolute atomic E-state index is 13.2. The van der Waals surface area contributed by atoms with Gasteiger partial charge in [-0.3, -0.25) is 14.6 Å². The average Bonchev–Trinajstić information content (AvgIpc) is 3.09. The van der Waals surface area contributed by atoms with Crippen LogP contribution in [0.2, 0.25) is 0 Å². The highest BCUT2D eigenvalue weighted by Crippen LogP contribution is 2.43. The summed E-state index contributed by atoms with van der Waals surface area (Å²) in [6.07, 6.45) is 1.63. The van der Waals surface area contributed by atoms with Gasteiger partial charge in [0, 0.05) is 17.3 Å². The Balaban J connectivity index is 1.83. The number of ether oxygens (including phenoxy) is 2. The fraction of sp³-hybridized carbons (Fsp3) is 0.222. The van der Waals surface area contributed by atoms with Crippen LogP contribution in [0.4, 0.5) is 0 Å². The quantitative estimate of drug-likeness (QED) is 0.319. The molecule has 0 radical (unpaired) electrons. The van der Waals surface area contributed by atoms with E-state index in [2.05, 4.69) is 4.98 Å². The van der Waals surface area contributed by atoms with Crippen LogP contribution in [0.1, 0.15) is 36.7 Å². The first-order valence-electron chi connectivity index (χ1n) is 11.0. The molecule has 1 unspecified atom stereocenters. The molecule has 1 amide bonds. The number of nitrogens with zero attached hydrogens (tertiary/aromatic N) is 2. The summed E-state index contributed by atoms with van der Waals surface area (Å²) < 4.78 is 11.2. The Morgan fingerprint density at radius 2 is 1.74 bits per heavy atom. The van der Waals surface area contributed by atoms with Crippen molar-refractivity contribution in [1.82, 2.24) is 9.88 Å². The number of hydrogen-bond donors (Lipinski definition) is 1. The summed E-state index contributed by atoms with van der Waals surface area (Å²) in [6.45, 7) is 3.94. The van der Waals surface area contributed by atoms with Crippen molar-refractivity contribution in [3.05, 3.63) is 95.3 Å². The van der Waals surface area contributed by atoms with Gasteiger partial charge in [0.05, 0.1) is 37.1 Å². The number of pyridine rings is 1. The van der Waals surface area contributed by atoms with Gasteiger partial charge in [-0.15, -0.1) is 0 Å². The number of aromatic nitrogens is 1. The maximum Gasteiger partial charge on any atom is 0.296 e. The number of ketones is 1. The molecule has 1 N–H and O–H groups in total.